The van der Waals surface area contributed by atoms with E-state index in [0.717, 1.165) is 23.1 Å². The van der Waals surface area contributed by atoms with E-state index in [1.807, 2.05) is 5.40 Å². The van der Waals surface area contributed by atoms with E-state index >= 15 is 0 Å². The molecule has 0 aliphatic heterocycles. The van der Waals surface area contributed by atoms with Crippen LogP contribution in [0.25, 0.3) is 0 Å². The van der Waals surface area contributed by atoms with E-state index in [-0.39, 0.29) is 24.8 Å². The van der Waals surface area contributed by atoms with Crippen LogP contribution in [0.4, 0.5) is 9.39 Å². The standard InChI is InChI=1S/C17H15FN2O3S2/c1-3-23-17(22)15-10(2)14(24-9-19)16(25-15)20-13(21)8-11-4-6-12(18)7-5-11/h4-7H,3,8H2,1-2H3,(H,20,21). The van der Waals surface area contributed by atoms with Crippen LogP contribution in [0, 0.1) is 23.4 Å². The number of esters is 1. The Hall–Kier alpha value is -2.37. The normalized spacial score (nSPS) is 10.2. The molecule has 8 heteroatoms. The molecule has 0 atom stereocenters. The zero-order valence-corrected chi connectivity index (χ0v) is 15.2. The molecular weight excluding hydrogens is 363 g/mol. The molecule has 2 aromatic rings. The zero-order chi connectivity index (χ0) is 18.4. The van der Waals surface area contributed by atoms with Gasteiger partial charge in [-0.3, -0.25) is 4.79 Å². The Balaban J connectivity index is 2.20. The third kappa shape index (κ3) is 4.81. The van der Waals surface area contributed by atoms with Crippen molar-refractivity contribution in [3.8, 4) is 5.40 Å². The Morgan fingerprint density at radius 2 is 2.04 bits per heavy atom. The number of rotatable bonds is 6. The van der Waals surface area contributed by atoms with Gasteiger partial charge in [0, 0.05) is 0 Å². The van der Waals surface area contributed by atoms with Gasteiger partial charge in [-0.2, -0.15) is 5.26 Å². The predicted octanol–water partition coefficient (Wildman–Crippen LogP) is 4.13. The lowest BCUT2D eigenvalue weighted by atomic mass is 10.1. The van der Waals surface area contributed by atoms with Crippen molar-refractivity contribution in [2.45, 2.75) is 25.2 Å². The van der Waals surface area contributed by atoms with Crippen molar-refractivity contribution >= 4 is 40.0 Å². The van der Waals surface area contributed by atoms with Gasteiger partial charge in [0.1, 0.15) is 21.1 Å². The second kappa shape index (κ2) is 8.65. The third-order valence-electron chi connectivity index (χ3n) is 3.23. The molecule has 0 aliphatic carbocycles. The minimum absolute atomic E-state index is 0.0582. The highest BCUT2D eigenvalue weighted by Gasteiger charge is 2.22. The van der Waals surface area contributed by atoms with Gasteiger partial charge in [0.2, 0.25) is 5.91 Å². The van der Waals surface area contributed by atoms with E-state index < -0.39 is 5.97 Å². The first-order chi connectivity index (χ1) is 12.0. The molecule has 0 fully saturated rings. The highest BCUT2D eigenvalue weighted by molar-refractivity contribution is 8.04. The molecule has 0 spiro atoms. The number of anilines is 1. The molecule has 0 bridgehead atoms. The van der Waals surface area contributed by atoms with Gasteiger partial charge >= 0.3 is 5.97 Å². The fourth-order valence-corrected chi connectivity index (χ4v) is 3.92. The van der Waals surface area contributed by atoms with Crippen molar-refractivity contribution in [1.29, 1.82) is 5.26 Å². The van der Waals surface area contributed by atoms with Gasteiger partial charge in [-0.1, -0.05) is 12.1 Å². The van der Waals surface area contributed by atoms with E-state index in [4.69, 9.17) is 10.00 Å². The summed E-state index contributed by atoms with van der Waals surface area (Å²) in [5.41, 5.74) is 1.26. The van der Waals surface area contributed by atoms with Gasteiger partial charge in [-0.25, -0.2) is 9.18 Å². The Kier molecular flexibility index (Phi) is 6.56. The number of hydrogen-bond donors (Lipinski definition) is 1. The summed E-state index contributed by atoms with van der Waals surface area (Å²) in [5, 5.41) is 14.1. The lowest BCUT2D eigenvalue weighted by molar-refractivity contribution is -0.115. The van der Waals surface area contributed by atoms with Crippen molar-refractivity contribution in [3.05, 3.63) is 46.1 Å². The maximum atomic E-state index is 12.9. The van der Waals surface area contributed by atoms with Crippen LogP contribution >= 0.6 is 23.1 Å². The fraction of sp³-hybridized carbons (Fsp3) is 0.235. The Bertz CT molecular complexity index is 826. The minimum atomic E-state index is -0.483. The van der Waals surface area contributed by atoms with E-state index in [1.54, 1.807) is 13.8 Å². The SMILES string of the molecule is CCOC(=O)c1sc(NC(=O)Cc2ccc(F)cc2)c(SC#N)c1C. The number of thiophene rings is 1. The molecule has 130 valence electrons. The van der Waals surface area contributed by atoms with Crippen LogP contribution in [-0.2, 0) is 16.0 Å². The Morgan fingerprint density at radius 1 is 1.36 bits per heavy atom. The summed E-state index contributed by atoms with van der Waals surface area (Å²) in [4.78, 5) is 25.1. The molecular formula is C17H15FN2O3S2. The average Bonchev–Trinajstić information content (AvgIpc) is 2.87. The van der Waals surface area contributed by atoms with Gasteiger partial charge in [0.15, 0.2) is 0 Å². The van der Waals surface area contributed by atoms with Crippen LogP contribution in [0.3, 0.4) is 0 Å². The van der Waals surface area contributed by atoms with Crippen molar-refractivity contribution < 1.29 is 18.7 Å². The fourth-order valence-electron chi connectivity index (χ4n) is 2.10. The first-order valence-electron chi connectivity index (χ1n) is 7.37. The maximum Gasteiger partial charge on any atom is 0.348 e. The number of thioether (sulfide) groups is 1. The van der Waals surface area contributed by atoms with Crippen molar-refractivity contribution in [3.63, 3.8) is 0 Å². The second-order valence-electron chi connectivity index (χ2n) is 4.98. The lowest BCUT2D eigenvalue weighted by Gasteiger charge is -2.05. The minimum Gasteiger partial charge on any atom is -0.462 e. The average molecular weight is 378 g/mol. The molecule has 1 aromatic heterocycles. The van der Waals surface area contributed by atoms with Gasteiger partial charge in [0.25, 0.3) is 0 Å². The molecule has 1 N–H and O–H groups in total. The number of ether oxygens (including phenoxy) is 1. The quantitative estimate of drug-likeness (QED) is 0.464. The summed E-state index contributed by atoms with van der Waals surface area (Å²) in [6, 6.07) is 5.63. The highest BCUT2D eigenvalue weighted by Crippen LogP contribution is 2.40. The number of carbonyl (C=O) groups excluding carboxylic acids is 2. The van der Waals surface area contributed by atoms with E-state index in [9.17, 15) is 14.0 Å². The van der Waals surface area contributed by atoms with Crippen LogP contribution < -0.4 is 5.32 Å². The van der Waals surface area contributed by atoms with Crippen LogP contribution in [0.5, 0.6) is 0 Å². The second-order valence-corrected chi connectivity index (χ2v) is 6.80. The maximum absolute atomic E-state index is 12.9. The van der Waals surface area contributed by atoms with Gasteiger partial charge in [0.05, 0.1) is 17.9 Å². The highest BCUT2D eigenvalue weighted by atomic mass is 32.2. The molecule has 1 amide bonds. The van der Waals surface area contributed by atoms with Gasteiger partial charge in [-0.05, 0) is 48.9 Å². The molecule has 1 aromatic carbocycles. The smallest absolute Gasteiger partial charge is 0.348 e. The van der Waals surface area contributed by atoms with Crippen LogP contribution in [0.1, 0.15) is 27.7 Å². The van der Waals surface area contributed by atoms with E-state index in [0.29, 0.717) is 25.9 Å². The van der Waals surface area contributed by atoms with Gasteiger partial charge in [-0.15, -0.1) is 11.3 Å². The molecule has 2 rings (SSSR count). The molecule has 25 heavy (non-hydrogen) atoms. The summed E-state index contributed by atoms with van der Waals surface area (Å²) in [5.74, 6) is -1.17. The number of thiocyanates is 1. The summed E-state index contributed by atoms with van der Waals surface area (Å²) in [7, 11) is 0. The van der Waals surface area contributed by atoms with E-state index in [1.165, 1.54) is 24.3 Å². The van der Waals surface area contributed by atoms with Crippen molar-refractivity contribution in [2.24, 2.45) is 0 Å². The monoisotopic (exact) mass is 378 g/mol. The van der Waals surface area contributed by atoms with E-state index in [2.05, 4.69) is 5.32 Å². The van der Waals surface area contributed by atoms with Crippen LogP contribution in [-0.4, -0.2) is 18.5 Å². The molecule has 0 unspecified atom stereocenters. The topological polar surface area (TPSA) is 79.2 Å². The summed E-state index contributed by atoms with van der Waals surface area (Å²) in [6.07, 6.45) is 0.0582. The Morgan fingerprint density at radius 3 is 2.64 bits per heavy atom. The Labute approximate surface area is 152 Å². The predicted molar refractivity (Wildman–Crippen MR) is 95.2 cm³/mol. The molecule has 0 saturated carbocycles. The number of benzene rings is 1. The van der Waals surface area contributed by atoms with Crippen molar-refractivity contribution in [2.75, 3.05) is 11.9 Å². The summed E-state index contributed by atoms with van der Waals surface area (Å²) in [6.45, 7) is 3.65. The molecule has 5 nitrogen and oxygen atoms in total. The lowest BCUT2D eigenvalue weighted by Crippen LogP contribution is -2.14. The summed E-state index contributed by atoms with van der Waals surface area (Å²) >= 11 is 1.96. The number of carbonyl (C=O) groups is 2. The van der Waals surface area contributed by atoms with Crippen molar-refractivity contribution in [1.82, 2.24) is 0 Å². The van der Waals surface area contributed by atoms with Crippen LogP contribution in [0.2, 0.25) is 0 Å². The number of hydrogen-bond acceptors (Lipinski definition) is 6. The third-order valence-corrected chi connectivity index (χ3v) is 5.35. The first kappa shape index (κ1) is 19.0. The number of nitrogens with zero attached hydrogens (tertiary/aromatic N) is 1. The van der Waals surface area contributed by atoms with Crippen LogP contribution in [0.15, 0.2) is 29.2 Å². The number of halogens is 1. The number of nitriles is 1. The number of nitrogens with one attached hydrogen (secondary N) is 1. The number of amides is 1. The first-order valence-corrected chi connectivity index (χ1v) is 9.00. The summed E-state index contributed by atoms with van der Waals surface area (Å²) < 4.78 is 17.9. The molecule has 0 aliphatic rings. The molecule has 0 radical (unpaired) electrons. The van der Waals surface area contributed by atoms with Gasteiger partial charge < -0.3 is 10.1 Å². The molecule has 1 heterocycles. The zero-order valence-electron chi connectivity index (χ0n) is 13.6. The molecule has 0 saturated heterocycles. The largest absolute Gasteiger partial charge is 0.462 e.